The second-order valence-corrected chi connectivity index (χ2v) is 5.51. The second-order valence-electron chi connectivity index (χ2n) is 5.51. The zero-order valence-corrected chi connectivity index (χ0v) is 10.7. The smallest absolute Gasteiger partial charge is 0.147 e. The number of hydrogen-bond acceptors (Lipinski definition) is 5. The van der Waals surface area contributed by atoms with Crippen LogP contribution in [0.4, 0.5) is 0 Å². The number of rotatable bonds is 3. The minimum absolute atomic E-state index is 0.139. The van der Waals surface area contributed by atoms with Gasteiger partial charge in [0.25, 0.3) is 0 Å². The van der Waals surface area contributed by atoms with Gasteiger partial charge in [-0.05, 0) is 12.8 Å². The highest BCUT2D eigenvalue weighted by Crippen LogP contribution is 2.29. The van der Waals surface area contributed by atoms with Crippen LogP contribution in [0.1, 0.15) is 18.7 Å². The molecule has 2 aliphatic rings. The Morgan fingerprint density at radius 1 is 1.44 bits per heavy atom. The first-order valence-electron chi connectivity index (χ1n) is 6.68. The number of aromatic nitrogens is 3. The molecule has 0 saturated carbocycles. The fraction of sp³-hybridized carbons (Fsp3) is 0.833. The van der Waals surface area contributed by atoms with E-state index in [0.29, 0.717) is 6.54 Å². The molecule has 0 radical (unpaired) electrons. The highest BCUT2D eigenvalue weighted by atomic mass is 16.5. The molecule has 3 rings (SSSR count). The molecule has 2 aliphatic heterocycles. The molecule has 2 N–H and O–H groups in total. The zero-order chi connectivity index (χ0) is 12.4. The van der Waals surface area contributed by atoms with Crippen LogP contribution in [0.3, 0.4) is 0 Å². The van der Waals surface area contributed by atoms with Crippen LogP contribution < -0.4 is 5.73 Å². The Morgan fingerprint density at radius 2 is 2.39 bits per heavy atom. The molecule has 1 unspecified atom stereocenters. The van der Waals surface area contributed by atoms with E-state index in [-0.39, 0.29) is 5.41 Å². The van der Waals surface area contributed by atoms with Crippen molar-refractivity contribution in [2.75, 3.05) is 32.8 Å². The fourth-order valence-electron chi connectivity index (χ4n) is 2.99. The van der Waals surface area contributed by atoms with E-state index < -0.39 is 0 Å². The Bertz CT molecular complexity index is 399. The van der Waals surface area contributed by atoms with Gasteiger partial charge < -0.3 is 15.0 Å². The molecule has 18 heavy (non-hydrogen) atoms. The molecule has 100 valence electrons. The zero-order valence-electron chi connectivity index (χ0n) is 10.7. The summed E-state index contributed by atoms with van der Waals surface area (Å²) in [5.74, 6) is 1.06. The highest BCUT2D eigenvalue weighted by molar-refractivity contribution is 4.93. The lowest BCUT2D eigenvalue weighted by molar-refractivity contribution is -0.0259. The lowest BCUT2D eigenvalue weighted by atomic mass is 9.82. The van der Waals surface area contributed by atoms with Crippen LogP contribution in [0, 0.1) is 5.41 Å². The van der Waals surface area contributed by atoms with Crippen molar-refractivity contribution >= 4 is 0 Å². The molecule has 0 bridgehead atoms. The summed E-state index contributed by atoms with van der Waals surface area (Å²) < 4.78 is 7.76. The van der Waals surface area contributed by atoms with Crippen molar-refractivity contribution in [3.63, 3.8) is 0 Å². The van der Waals surface area contributed by atoms with Gasteiger partial charge in [-0.1, -0.05) is 0 Å². The maximum Gasteiger partial charge on any atom is 0.147 e. The molecule has 1 fully saturated rings. The quantitative estimate of drug-likeness (QED) is 0.809. The third kappa shape index (κ3) is 2.28. The lowest BCUT2D eigenvalue weighted by Gasteiger charge is -2.41. The largest absolute Gasteiger partial charge is 0.381 e. The lowest BCUT2D eigenvalue weighted by Crippen LogP contribution is -2.49. The van der Waals surface area contributed by atoms with Gasteiger partial charge in [0, 0.05) is 38.2 Å². The Labute approximate surface area is 107 Å². The van der Waals surface area contributed by atoms with E-state index in [0.717, 1.165) is 51.6 Å². The van der Waals surface area contributed by atoms with E-state index in [2.05, 4.69) is 19.7 Å². The molecule has 1 saturated heterocycles. The highest BCUT2D eigenvalue weighted by Gasteiger charge is 2.34. The molecular formula is C12H21N5O. The van der Waals surface area contributed by atoms with Gasteiger partial charge >= 0.3 is 0 Å². The van der Waals surface area contributed by atoms with E-state index in [9.17, 15) is 0 Å². The number of ether oxygens (including phenoxy) is 1. The summed E-state index contributed by atoms with van der Waals surface area (Å²) in [7, 11) is 0. The molecule has 1 atom stereocenters. The molecule has 0 aliphatic carbocycles. The third-order valence-corrected chi connectivity index (χ3v) is 4.11. The Hall–Kier alpha value is -0.980. The van der Waals surface area contributed by atoms with Crippen LogP contribution in [-0.4, -0.2) is 52.5 Å². The molecule has 6 heteroatoms. The van der Waals surface area contributed by atoms with E-state index >= 15 is 0 Å². The first kappa shape index (κ1) is 12.1. The maximum absolute atomic E-state index is 5.99. The molecule has 3 heterocycles. The number of nitrogens with zero attached hydrogens (tertiary/aromatic N) is 4. The van der Waals surface area contributed by atoms with Crippen LogP contribution >= 0.6 is 0 Å². The molecule has 0 amide bonds. The first-order chi connectivity index (χ1) is 8.81. The van der Waals surface area contributed by atoms with Crippen LogP contribution in [0.15, 0.2) is 6.33 Å². The summed E-state index contributed by atoms with van der Waals surface area (Å²) in [4.78, 5) is 2.44. The van der Waals surface area contributed by atoms with Crippen molar-refractivity contribution in [3.05, 3.63) is 12.2 Å². The third-order valence-electron chi connectivity index (χ3n) is 4.11. The molecule has 1 aromatic rings. The Kier molecular flexibility index (Phi) is 3.32. The van der Waals surface area contributed by atoms with Gasteiger partial charge in [-0.2, -0.15) is 0 Å². The summed E-state index contributed by atoms with van der Waals surface area (Å²) in [6, 6.07) is 0. The topological polar surface area (TPSA) is 69.2 Å². The van der Waals surface area contributed by atoms with E-state index in [1.54, 1.807) is 0 Å². The van der Waals surface area contributed by atoms with Crippen molar-refractivity contribution in [2.45, 2.75) is 25.9 Å². The molecular weight excluding hydrogens is 230 g/mol. The van der Waals surface area contributed by atoms with Crippen molar-refractivity contribution in [3.8, 4) is 0 Å². The molecule has 1 aromatic heterocycles. The van der Waals surface area contributed by atoms with Gasteiger partial charge in [-0.25, -0.2) is 0 Å². The standard InChI is InChI=1S/C12H21N5O/c13-7-12(2-1-5-18-9-12)8-16-3-4-17-10-14-15-11(17)6-16/h10H,1-9,13H2. The maximum atomic E-state index is 5.99. The van der Waals surface area contributed by atoms with Crippen LogP contribution in [0.25, 0.3) is 0 Å². The van der Waals surface area contributed by atoms with Gasteiger partial charge in [-0.15, -0.1) is 10.2 Å². The van der Waals surface area contributed by atoms with Crippen LogP contribution in [0.2, 0.25) is 0 Å². The van der Waals surface area contributed by atoms with Crippen LogP contribution in [0.5, 0.6) is 0 Å². The predicted molar refractivity (Wildman–Crippen MR) is 66.8 cm³/mol. The summed E-state index contributed by atoms with van der Waals surface area (Å²) >= 11 is 0. The van der Waals surface area contributed by atoms with E-state index in [1.807, 2.05) is 6.33 Å². The van der Waals surface area contributed by atoms with Gasteiger partial charge in [0.2, 0.25) is 0 Å². The number of nitrogens with two attached hydrogens (primary N) is 1. The van der Waals surface area contributed by atoms with E-state index in [1.165, 1.54) is 6.42 Å². The fourth-order valence-corrected chi connectivity index (χ4v) is 2.99. The minimum atomic E-state index is 0.139. The molecule has 6 nitrogen and oxygen atoms in total. The Morgan fingerprint density at radius 3 is 3.17 bits per heavy atom. The van der Waals surface area contributed by atoms with E-state index in [4.69, 9.17) is 10.5 Å². The Balaban J connectivity index is 1.66. The number of hydrogen-bond donors (Lipinski definition) is 1. The SMILES string of the molecule is NCC1(CN2CCn3cnnc3C2)CCCOC1. The summed E-state index contributed by atoms with van der Waals surface area (Å²) in [5.41, 5.74) is 6.13. The van der Waals surface area contributed by atoms with Crippen LogP contribution in [-0.2, 0) is 17.8 Å². The summed E-state index contributed by atoms with van der Waals surface area (Å²) in [5, 5.41) is 8.12. The monoisotopic (exact) mass is 251 g/mol. The minimum Gasteiger partial charge on any atom is -0.381 e. The van der Waals surface area contributed by atoms with Gasteiger partial charge in [0.1, 0.15) is 12.2 Å². The normalized spacial score (nSPS) is 29.2. The number of fused-ring (bicyclic) bond motifs is 1. The summed E-state index contributed by atoms with van der Waals surface area (Å²) in [6.45, 7) is 6.30. The van der Waals surface area contributed by atoms with Gasteiger partial charge in [0.15, 0.2) is 0 Å². The van der Waals surface area contributed by atoms with Gasteiger partial charge in [0.05, 0.1) is 13.2 Å². The van der Waals surface area contributed by atoms with Gasteiger partial charge in [-0.3, -0.25) is 4.90 Å². The van der Waals surface area contributed by atoms with Crippen molar-refractivity contribution < 1.29 is 4.74 Å². The first-order valence-corrected chi connectivity index (χ1v) is 6.68. The second kappa shape index (κ2) is 4.95. The van der Waals surface area contributed by atoms with Crippen molar-refractivity contribution in [1.82, 2.24) is 19.7 Å². The molecule has 0 spiro atoms. The van der Waals surface area contributed by atoms with Crippen molar-refractivity contribution in [1.29, 1.82) is 0 Å². The average Bonchev–Trinajstić information content (AvgIpc) is 2.87. The van der Waals surface area contributed by atoms with Crippen molar-refractivity contribution in [2.24, 2.45) is 11.1 Å². The molecule has 0 aromatic carbocycles. The summed E-state index contributed by atoms with van der Waals surface area (Å²) in [6.07, 6.45) is 4.11. The average molecular weight is 251 g/mol. The predicted octanol–water partition coefficient (Wildman–Crippen LogP) is -0.151.